The second kappa shape index (κ2) is 10.2. The van der Waals surface area contributed by atoms with Crippen LogP contribution >= 0.6 is 0 Å². The SMILES string of the molecule is CCCOc1ccc(CNC(=O)c2occc2CS(=O)(=O)c2ccccc2)cc1OC. The molecule has 7 nitrogen and oxygen atoms in total. The van der Waals surface area contributed by atoms with Gasteiger partial charge in [0.2, 0.25) is 0 Å². The molecule has 0 atom stereocenters. The molecule has 1 N–H and O–H groups in total. The van der Waals surface area contributed by atoms with E-state index in [0.717, 1.165) is 12.0 Å². The average molecular weight is 444 g/mol. The number of nitrogens with one attached hydrogen (secondary N) is 1. The van der Waals surface area contributed by atoms with Gasteiger partial charge in [-0.1, -0.05) is 31.2 Å². The molecule has 8 heteroatoms. The van der Waals surface area contributed by atoms with Crippen molar-refractivity contribution < 1.29 is 27.1 Å². The summed E-state index contributed by atoms with van der Waals surface area (Å²) in [5.74, 6) is 0.378. The van der Waals surface area contributed by atoms with Crippen molar-refractivity contribution in [2.45, 2.75) is 30.5 Å². The van der Waals surface area contributed by atoms with Crippen LogP contribution in [0.5, 0.6) is 11.5 Å². The van der Waals surface area contributed by atoms with E-state index in [1.807, 2.05) is 13.0 Å². The maximum Gasteiger partial charge on any atom is 0.287 e. The lowest BCUT2D eigenvalue weighted by atomic mass is 10.2. The first-order valence-corrected chi connectivity index (χ1v) is 11.5. The summed E-state index contributed by atoms with van der Waals surface area (Å²) >= 11 is 0. The number of amides is 1. The summed E-state index contributed by atoms with van der Waals surface area (Å²) in [7, 11) is -2.04. The van der Waals surface area contributed by atoms with E-state index in [1.165, 1.54) is 24.5 Å². The Labute approximate surface area is 181 Å². The number of rotatable bonds is 10. The number of hydrogen-bond acceptors (Lipinski definition) is 6. The molecule has 0 aliphatic rings. The molecule has 164 valence electrons. The molecular formula is C23H25NO6S. The molecular weight excluding hydrogens is 418 g/mol. The number of carbonyl (C=O) groups excluding carboxylic acids is 1. The van der Waals surface area contributed by atoms with Crippen LogP contribution in [0.25, 0.3) is 0 Å². The Hall–Kier alpha value is -3.26. The minimum absolute atomic E-state index is 0.0191. The second-order valence-corrected chi connectivity index (χ2v) is 8.85. The average Bonchev–Trinajstić information content (AvgIpc) is 3.24. The zero-order chi connectivity index (χ0) is 22.3. The summed E-state index contributed by atoms with van der Waals surface area (Å²) in [6.07, 6.45) is 2.19. The first-order chi connectivity index (χ1) is 14.9. The molecule has 0 bridgehead atoms. The first kappa shape index (κ1) is 22.4. The Balaban J connectivity index is 1.68. The van der Waals surface area contributed by atoms with Gasteiger partial charge in [-0.25, -0.2) is 8.42 Å². The number of furan rings is 1. The molecule has 3 rings (SSSR count). The van der Waals surface area contributed by atoms with Gasteiger partial charge in [0.1, 0.15) is 0 Å². The van der Waals surface area contributed by atoms with Crippen LogP contribution in [0, 0.1) is 0 Å². The van der Waals surface area contributed by atoms with Crippen molar-refractivity contribution in [2.75, 3.05) is 13.7 Å². The predicted molar refractivity (Wildman–Crippen MR) is 116 cm³/mol. The standard InChI is InChI=1S/C23H25NO6S/c1-3-12-29-20-10-9-17(14-21(20)28-2)15-24-23(25)22-18(11-13-30-22)16-31(26,27)19-7-5-4-6-8-19/h4-11,13-14H,3,12,15-16H2,1-2H3,(H,24,25). The van der Waals surface area contributed by atoms with Crippen LogP contribution < -0.4 is 14.8 Å². The van der Waals surface area contributed by atoms with Gasteiger partial charge in [0.15, 0.2) is 27.1 Å². The Kier molecular flexibility index (Phi) is 7.36. The molecule has 0 saturated heterocycles. The number of sulfone groups is 1. The molecule has 3 aromatic rings. The third kappa shape index (κ3) is 5.67. The predicted octanol–water partition coefficient (Wildman–Crippen LogP) is 3.98. The quantitative estimate of drug-likeness (QED) is 0.509. The molecule has 0 radical (unpaired) electrons. The zero-order valence-corrected chi connectivity index (χ0v) is 18.3. The number of carbonyl (C=O) groups is 1. The highest BCUT2D eigenvalue weighted by atomic mass is 32.2. The molecule has 0 aliphatic carbocycles. The van der Waals surface area contributed by atoms with Crippen LogP contribution in [0.3, 0.4) is 0 Å². The molecule has 0 unspecified atom stereocenters. The number of hydrogen-bond donors (Lipinski definition) is 1. The summed E-state index contributed by atoms with van der Waals surface area (Å²) in [5.41, 5.74) is 1.11. The fraction of sp³-hybridized carbons (Fsp3) is 0.261. The molecule has 1 heterocycles. The van der Waals surface area contributed by atoms with Gasteiger partial charge in [-0.3, -0.25) is 4.79 Å². The summed E-state index contributed by atoms with van der Waals surface area (Å²) in [5, 5.41) is 2.76. The third-order valence-corrected chi connectivity index (χ3v) is 6.23. The van der Waals surface area contributed by atoms with Gasteiger partial charge in [0.25, 0.3) is 5.91 Å². The lowest BCUT2D eigenvalue weighted by Gasteiger charge is -2.12. The minimum Gasteiger partial charge on any atom is -0.493 e. The van der Waals surface area contributed by atoms with Crippen molar-refractivity contribution in [2.24, 2.45) is 0 Å². The van der Waals surface area contributed by atoms with Gasteiger partial charge in [0, 0.05) is 12.1 Å². The van der Waals surface area contributed by atoms with E-state index in [2.05, 4.69) is 5.32 Å². The molecule has 1 amide bonds. The van der Waals surface area contributed by atoms with Gasteiger partial charge in [-0.2, -0.15) is 0 Å². The Morgan fingerprint density at radius 1 is 1.06 bits per heavy atom. The van der Waals surface area contributed by atoms with Crippen LogP contribution in [-0.4, -0.2) is 28.0 Å². The highest BCUT2D eigenvalue weighted by Crippen LogP contribution is 2.28. The fourth-order valence-electron chi connectivity index (χ4n) is 2.98. The van der Waals surface area contributed by atoms with Crippen LogP contribution in [0.15, 0.2) is 70.2 Å². The van der Waals surface area contributed by atoms with Gasteiger partial charge >= 0.3 is 0 Å². The Bertz CT molecular complexity index is 1120. The molecule has 0 saturated carbocycles. The first-order valence-electron chi connectivity index (χ1n) is 9.86. The summed E-state index contributed by atoms with van der Waals surface area (Å²) in [6.45, 7) is 2.82. The highest BCUT2D eigenvalue weighted by Gasteiger charge is 2.22. The molecule has 0 aliphatic heterocycles. The van der Waals surface area contributed by atoms with Gasteiger partial charge in [-0.05, 0) is 42.3 Å². The Morgan fingerprint density at radius 3 is 2.55 bits per heavy atom. The van der Waals surface area contributed by atoms with Gasteiger partial charge in [-0.15, -0.1) is 0 Å². The van der Waals surface area contributed by atoms with Gasteiger partial charge in [0.05, 0.1) is 30.6 Å². The number of ether oxygens (including phenoxy) is 2. The summed E-state index contributed by atoms with van der Waals surface area (Å²) in [6, 6.07) is 15.0. The molecule has 0 fully saturated rings. The maximum absolute atomic E-state index is 12.6. The molecule has 2 aromatic carbocycles. The Morgan fingerprint density at radius 2 is 1.84 bits per heavy atom. The molecule has 1 aromatic heterocycles. The van der Waals surface area contributed by atoms with E-state index in [1.54, 1.807) is 37.4 Å². The molecule has 0 spiro atoms. The maximum atomic E-state index is 12.6. The zero-order valence-electron chi connectivity index (χ0n) is 17.5. The van der Waals surface area contributed by atoms with E-state index < -0.39 is 15.7 Å². The smallest absolute Gasteiger partial charge is 0.287 e. The second-order valence-electron chi connectivity index (χ2n) is 6.86. The molecule has 31 heavy (non-hydrogen) atoms. The largest absolute Gasteiger partial charge is 0.493 e. The van der Waals surface area contributed by atoms with Crippen molar-refractivity contribution in [3.05, 3.63) is 77.7 Å². The van der Waals surface area contributed by atoms with Gasteiger partial charge < -0.3 is 19.2 Å². The van der Waals surface area contributed by atoms with E-state index in [9.17, 15) is 13.2 Å². The monoisotopic (exact) mass is 443 g/mol. The van der Waals surface area contributed by atoms with E-state index in [-0.39, 0.29) is 23.0 Å². The number of benzene rings is 2. The third-order valence-electron chi connectivity index (χ3n) is 4.54. The summed E-state index contributed by atoms with van der Waals surface area (Å²) < 4.78 is 41.5. The van der Waals surface area contributed by atoms with Crippen LogP contribution in [-0.2, 0) is 22.1 Å². The topological polar surface area (TPSA) is 94.8 Å². The van der Waals surface area contributed by atoms with Crippen LogP contribution in [0.1, 0.15) is 35.0 Å². The van der Waals surface area contributed by atoms with E-state index >= 15 is 0 Å². The normalized spacial score (nSPS) is 11.2. The van der Waals surface area contributed by atoms with E-state index in [0.29, 0.717) is 23.7 Å². The lowest BCUT2D eigenvalue weighted by Crippen LogP contribution is -2.23. The van der Waals surface area contributed by atoms with Crippen molar-refractivity contribution in [1.29, 1.82) is 0 Å². The van der Waals surface area contributed by atoms with Crippen molar-refractivity contribution in [1.82, 2.24) is 5.32 Å². The highest BCUT2D eigenvalue weighted by molar-refractivity contribution is 7.90. The summed E-state index contributed by atoms with van der Waals surface area (Å²) in [4.78, 5) is 12.8. The van der Waals surface area contributed by atoms with Crippen molar-refractivity contribution in [3.63, 3.8) is 0 Å². The minimum atomic E-state index is -3.60. The van der Waals surface area contributed by atoms with Crippen LogP contribution in [0.2, 0.25) is 0 Å². The van der Waals surface area contributed by atoms with Crippen molar-refractivity contribution in [3.8, 4) is 11.5 Å². The van der Waals surface area contributed by atoms with E-state index in [4.69, 9.17) is 13.9 Å². The fourth-order valence-corrected chi connectivity index (χ4v) is 4.36. The lowest BCUT2D eigenvalue weighted by molar-refractivity contribution is 0.0922. The number of methoxy groups -OCH3 is 1. The van der Waals surface area contributed by atoms with Crippen molar-refractivity contribution >= 4 is 15.7 Å². The van der Waals surface area contributed by atoms with Crippen LogP contribution in [0.4, 0.5) is 0 Å².